The Morgan fingerprint density at radius 3 is 2.57 bits per heavy atom. The summed E-state index contributed by atoms with van der Waals surface area (Å²) in [5, 5.41) is 0. The van der Waals surface area contributed by atoms with Gasteiger partial charge in [-0.3, -0.25) is 9.69 Å². The zero-order valence-corrected chi connectivity index (χ0v) is 12.7. The third kappa shape index (κ3) is 3.89. The zero-order valence-electron chi connectivity index (χ0n) is 11.8. The first-order valence-corrected chi connectivity index (χ1v) is 7.05. The molecule has 5 nitrogen and oxygen atoms in total. The van der Waals surface area contributed by atoms with Crippen LogP contribution in [0.2, 0.25) is 0 Å². The summed E-state index contributed by atoms with van der Waals surface area (Å²) in [6, 6.07) is 4.25. The number of thiocarbonyl (C=S) groups is 1. The molecule has 114 valence electrons. The highest BCUT2D eigenvalue weighted by Crippen LogP contribution is 2.19. The maximum absolute atomic E-state index is 13.7. The Labute approximate surface area is 128 Å². The number of ether oxygens (including phenoxy) is 1. The van der Waals surface area contributed by atoms with Gasteiger partial charge in [-0.15, -0.1) is 0 Å². The lowest BCUT2D eigenvalue weighted by Crippen LogP contribution is -2.50. The zero-order chi connectivity index (χ0) is 15.4. The molecule has 0 atom stereocenters. The van der Waals surface area contributed by atoms with Gasteiger partial charge in [0.05, 0.1) is 12.1 Å². The van der Waals surface area contributed by atoms with Crippen LogP contribution in [-0.4, -0.2) is 60.5 Å². The molecule has 0 saturated carbocycles. The van der Waals surface area contributed by atoms with Crippen LogP contribution in [0.3, 0.4) is 0 Å². The summed E-state index contributed by atoms with van der Waals surface area (Å²) in [5.41, 5.74) is 5.84. The minimum Gasteiger partial charge on any atom is -0.494 e. The molecule has 1 aromatic rings. The molecule has 1 amide bonds. The predicted molar refractivity (Wildman–Crippen MR) is 82.1 cm³/mol. The van der Waals surface area contributed by atoms with Crippen molar-refractivity contribution in [2.24, 2.45) is 5.73 Å². The third-order valence-electron chi connectivity index (χ3n) is 3.44. The average molecular weight is 311 g/mol. The van der Waals surface area contributed by atoms with E-state index in [2.05, 4.69) is 4.90 Å². The van der Waals surface area contributed by atoms with E-state index in [0.717, 1.165) is 0 Å². The van der Waals surface area contributed by atoms with Crippen molar-refractivity contribution in [1.82, 2.24) is 9.80 Å². The van der Waals surface area contributed by atoms with Crippen molar-refractivity contribution in [1.29, 1.82) is 0 Å². The van der Waals surface area contributed by atoms with Crippen molar-refractivity contribution < 1.29 is 13.9 Å². The number of nitrogens with two attached hydrogens (primary N) is 1. The quantitative estimate of drug-likeness (QED) is 0.837. The van der Waals surface area contributed by atoms with Gasteiger partial charge >= 0.3 is 0 Å². The van der Waals surface area contributed by atoms with E-state index < -0.39 is 5.82 Å². The van der Waals surface area contributed by atoms with E-state index in [1.165, 1.54) is 19.2 Å². The number of amides is 1. The molecule has 2 N–H and O–H groups in total. The average Bonchev–Trinajstić information content (AvgIpc) is 2.46. The Kier molecular flexibility index (Phi) is 5.08. The first-order valence-electron chi connectivity index (χ1n) is 6.64. The fourth-order valence-corrected chi connectivity index (χ4v) is 2.49. The predicted octanol–water partition coefficient (Wildman–Crippen LogP) is 0.878. The SMILES string of the molecule is COc1ccc(C(=O)N2CCN(CC(N)=S)CC2)cc1F. The van der Waals surface area contributed by atoms with Crippen LogP contribution >= 0.6 is 12.2 Å². The van der Waals surface area contributed by atoms with Crippen LogP contribution in [0.1, 0.15) is 10.4 Å². The number of nitrogens with zero attached hydrogens (tertiary/aromatic N) is 2. The number of rotatable bonds is 4. The van der Waals surface area contributed by atoms with E-state index in [1.807, 2.05) is 0 Å². The lowest BCUT2D eigenvalue weighted by Gasteiger charge is -2.34. The summed E-state index contributed by atoms with van der Waals surface area (Å²) in [6.07, 6.45) is 0. The summed E-state index contributed by atoms with van der Waals surface area (Å²) in [5.74, 6) is -0.574. The van der Waals surface area contributed by atoms with E-state index in [4.69, 9.17) is 22.7 Å². The Bertz CT molecular complexity index is 545. The number of halogens is 1. The molecule has 0 bridgehead atoms. The monoisotopic (exact) mass is 311 g/mol. The summed E-state index contributed by atoms with van der Waals surface area (Å²) in [4.78, 5) is 16.6. The van der Waals surface area contributed by atoms with Crippen molar-refractivity contribution in [3.8, 4) is 5.75 Å². The van der Waals surface area contributed by atoms with Crippen LogP contribution in [0.25, 0.3) is 0 Å². The summed E-state index contributed by atoms with van der Waals surface area (Å²) >= 11 is 4.87. The molecule has 0 spiro atoms. The first-order chi connectivity index (χ1) is 10.0. The number of methoxy groups -OCH3 is 1. The van der Waals surface area contributed by atoms with Gasteiger partial charge in [-0.25, -0.2) is 4.39 Å². The number of hydrogen-bond donors (Lipinski definition) is 1. The van der Waals surface area contributed by atoms with Crippen molar-refractivity contribution in [2.45, 2.75) is 0 Å². The Hall–Kier alpha value is -1.73. The lowest BCUT2D eigenvalue weighted by atomic mass is 10.1. The highest BCUT2D eigenvalue weighted by atomic mass is 32.1. The van der Waals surface area contributed by atoms with Crippen LogP contribution in [-0.2, 0) is 0 Å². The van der Waals surface area contributed by atoms with Gasteiger partial charge in [-0.05, 0) is 18.2 Å². The Morgan fingerprint density at radius 2 is 2.05 bits per heavy atom. The number of benzene rings is 1. The molecule has 0 radical (unpaired) electrons. The van der Waals surface area contributed by atoms with Crippen LogP contribution in [0.5, 0.6) is 5.75 Å². The molecule has 0 aromatic heterocycles. The van der Waals surface area contributed by atoms with Gasteiger partial charge in [-0.1, -0.05) is 12.2 Å². The van der Waals surface area contributed by atoms with Gasteiger partial charge in [0.1, 0.15) is 0 Å². The van der Waals surface area contributed by atoms with Crippen molar-refractivity contribution in [3.05, 3.63) is 29.6 Å². The maximum atomic E-state index is 13.7. The van der Waals surface area contributed by atoms with Crippen molar-refractivity contribution in [2.75, 3.05) is 39.8 Å². The maximum Gasteiger partial charge on any atom is 0.254 e. The van der Waals surface area contributed by atoms with Gasteiger partial charge in [0.2, 0.25) is 0 Å². The molecule has 1 saturated heterocycles. The molecular weight excluding hydrogens is 293 g/mol. The molecule has 21 heavy (non-hydrogen) atoms. The van der Waals surface area contributed by atoms with Gasteiger partial charge < -0.3 is 15.4 Å². The first kappa shape index (κ1) is 15.7. The highest BCUT2D eigenvalue weighted by Gasteiger charge is 2.23. The second kappa shape index (κ2) is 6.82. The second-order valence-electron chi connectivity index (χ2n) is 4.88. The Balaban J connectivity index is 1.98. The van der Waals surface area contributed by atoms with E-state index in [9.17, 15) is 9.18 Å². The molecule has 7 heteroatoms. The minimum atomic E-state index is -0.532. The lowest BCUT2D eigenvalue weighted by molar-refractivity contribution is 0.0654. The van der Waals surface area contributed by atoms with E-state index in [-0.39, 0.29) is 11.7 Å². The van der Waals surface area contributed by atoms with E-state index in [0.29, 0.717) is 43.3 Å². The number of carbonyl (C=O) groups excluding carboxylic acids is 1. The second-order valence-corrected chi connectivity index (χ2v) is 5.41. The van der Waals surface area contributed by atoms with Gasteiger partial charge in [0.25, 0.3) is 5.91 Å². The summed E-state index contributed by atoms with van der Waals surface area (Å²) in [6.45, 7) is 3.14. The topological polar surface area (TPSA) is 58.8 Å². The minimum absolute atomic E-state index is 0.132. The smallest absolute Gasteiger partial charge is 0.254 e. The summed E-state index contributed by atoms with van der Waals surface area (Å²) in [7, 11) is 1.39. The fourth-order valence-electron chi connectivity index (χ4n) is 2.31. The van der Waals surface area contributed by atoms with Gasteiger partial charge in [0, 0.05) is 38.3 Å². The normalized spacial score (nSPS) is 15.8. The van der Waals surface area contributed by atoms with Crippen LogP contribution in [0.15, 0.2) is 18.2 Å². The largest absolute Gasteiger partial charge is 0.494 e. The molecule has 1 aliphatic rings. The van der Waals surface area contributed by atoms with Crippen molar-refractivity contribution >= 4 is 23.1 Å². The van der Waals surface area contributed by atoms with Crippen molar-refractivity contribution in [3.63, 3.8) is 0 Å². The van der Waals surface area contributed by atoms with Crippen LogP contribution in [0.4, 0.5) is 4.39 Å². The standard InChI is InChI=1S/C14H18FN3O2S/c1-20-12-3-2-10(8-11(12)15)14(19)18-6-4-17(5-7-18)9-13(16)21/h2-3,8H,4-7,9H2,1H3,(H2,16,21). The number of piperazine rings is 1. The molecule has 0 unspecified atom stereocenters. The number of carbonyl (C=O) groups is 1. The van der Waals surface area contributed by atoms with Gasteiger partial charge in [0.15, 0.2) is 11.6 Å². The molecule has 1 aliphatic heterocycles. The van der Waals surface area contributed by atoms with E-state index in [1.54, 1.807) is 11.0 Å². The molecule has 1 fully saturated rings. The molecule has 0 aliphatic carbocycles. The number of hydrogen-bond acceptors (Lipinski definition) is 4. The molecule has 2 rings (SSSR count). The molecule has 1 aromatic carbocycles. The fraction of sp³-hybridized carbons (Fsp3) is 0.429. The molecular formula is C14H18FN3O2S. The van der Waals surface area contributed by atoms with E-state index >= 15 is 0 Å². The Morgan fingerprint density at radius 1 is 1.38 bits per heavy atom. The third-order valence-corrected chi connectivity index (χ3v) is 3.57. The highest BCUT2D eigenvalue weighted by molar-refractivity contribution is 7.80. The van der Waals surface area contributed by atoms with Crippen LogP contribution in [0, 0.1) is 5.82 Å². The van der Waals surface area contributed by atoms with Crippen LogP contribution < -0.4 is 10.5 Å². The summed E-state index contributed by atoms with van der Waals surface area (Å²) < 4.78 is 18.5. The molecule has 1 heterocycles. The van der Waals surface area contributed by atoms with Gasteiger partial charge in [-0.2, -0.15) is 0 Å².